The normalized spacial score (nSPS) is 16.3. The highest BCUT2D eigenvalue weighted by molar-refractivity contribution is 8.00. The molecule has 104 valence electrons. The Kier molecular flexibility index (Phi) is 5.07. The van der Waals surface area contributed by atoms with Crippen LogP contribution in [0, 0.1) is 0 Å². The number of anilines is 1. The van der Waals surface area contributed by atoms with Crippen LogP contribution in [0.15, 0.2) is 23.4 Å². The number of hydrogen-bond acceptors (Lipinski definition) is 4. The Hall–Kier alpha value is -1.23. The first-order chi connectivity index (χ1) is 9.18. The first-order valence-corrected chi connectivity index (χ1v) is 7.75. The Bertz CT molecular complexity index is 432. The second kappa shape index (κ2) is 6.80. The Morgan fingerprint density at radius 2 is 2.21 bits per heavy atom. The number of rotatable bonds is 4. The van der Waals surface area contributed by atoms with Crippen molar-refractivity contribution in [1.82, 2.24) is 9.88 Å². The first-order valence-electron chi connectivity index (χ1n) is 6.76. The highest BCUT2D eigenvalue weighted by Crippen LogP contribution is 2.25. The molecule has 0 radical (unpaired) electrons. The number of amides is 1. The summed E-state index contributed by atoms with van der Waals surface area (Å²) in [6.45, 7) is 0. The molecule has 1 aromatic heterocycles. The van der Waals surface area contributed by atoms with Gasteiger partial charge in [-0.15, -0.1) is 11.8 Å². The topological polar surface area (TPSA) is 59.2 Å². The van der Waals surface area contributed by atoms with Gasteiger partial charge in [0.05, 0.1) is 17.6 Å². The Balaban J connectivity index is 1.85. The van der Waals surface area contributed by atoms with Crippen LogP contribution in [0.3, 0.4) is 0 Å². The SMILES string of the molecule is CN(C(=O)CSc1ccncc1N)C1CCCCC1. The van der Waals surface area contributed by atoms with Crippen LogP contribution in [0.2, 0.25) is 0 Å². The highest BCUT2D eigenvalue weighted by atomic mass is 32.2. The molecule has 0 saturated heterocycles. The van der Waals surface area contributed by atoms with Gasteiger partial charge in [0, 0.05) is 24.2 Å². The third-order valence-electron chi connectivity index (χ3n) is 3.68. The number of hydrogen-bond donors (Lipinski definition) is 1. The quantitative estimate of drug-likeness (QED) is 0.861. The van der Waals surface area contributed by atoms with E-state index in [1.165, 1.54) is 31.0 Å². The number of aromatic nitrogens is 1. The lowest BCUT2D eigenvalue weighted by Crippen LogP contribution is -2.39. The summed E-state index contributed by atoms with van der Waals surface area (Å²) in [5.41, 5.74) is 6.46. The molecule has 1 amide bonds. The largest absolute Gasteiger partial charge is 0.397 e. The van der Waals surface area contributed by atoms with E-state index < -0.39 is 0 Å². The lowest BCUT2D eigenvalue weighted by atomic mass is 9.94. The van der Waals surface area contributed by atoms with Crippen LogP contribution in [-0.2, 0) is 4.79 Å². The Labute approximate surface area is 118 Å². The summed E-state index contributed by atoms with van der Waals surface area (Å²) in [4.78, 5) is 19.0. The van der Waals surface area contributed by atoms with Gasteiger partial charge in [0.1, 0.15) is 0 Å². The van der Waals surface area contributed by atoms with Crippen LogP contribution in [-0.4, -0.2) is 34.6 Å². The zero-order valence-corrected chi connectivity index (χ0v) is 12.2. The number of carbonyl (C=O) groups is 1. The molecule has 0 atom stereocenters. The van der Waals surface area contributed by atoms with Gasteiger partial charge in [-0.25, -0.2) is 0 Å². The highest BCUT2D eigenvalue weighted by Gasteiger charge is 2.21. The van der Waals surface area contributed by atoms with Gasteiger partial charge in [0.25, 0.3) is 0 Å². The molecule has 4 nitrogen and oxygen atoms in total. The fourth-order valence-electron chi connectivity index (χ4n) is 2.44. The van der Waals surface area contributed by atoms with Gasteiger partial charge in [-0.1, -0.05) is 19.3 Å². The summed E-state index contributed by atoms with van der Waals surface area (Å²) < 4.78 is 0. The molecule has 5 heteroatoms. The van der Waals surface area contributed by atoms with E-state index in [0.29, 0.717) is 17.5 Å². The average molecular weight is 279 g/mol. The molecule has 0 spiro atoms. The number of nitrogens with two attached hydrogens (primary N) is 1. The second-order valence-electron chi connectivity index (χ2n) is 5.00. The van der Waals surface area contributed by atoms with Gasteiger partial charge in [-0.3, -0.25) is 9.78 Å². The molecular weight excluding hydrogens is 258 g/mol. The van der Waals surface area contributed by atoms with Crippen LogP contribution in [0.4, 0.5) is 5.69 Å². The van der Waals surface area contributed by atoms with Gasteiger partial charge >= 0.3 is 0 Å². The summed E-state index contributed by atoms with van der Waals surface area (Å²) in [5, 5.41) is 0. The summed E-state index contributed by atoms with van der Waals surface area (Å²) >= 11 is 1.49. The lowest BCUT2D eigenvalue weighted by Gasteiger charge is -2.31. The fraction of sp³-hybridized carbons (Fsp3) is 0.571. The molecule has 1 heterocycles. The third-order valence-corrected chi connectivity index (χ3v) is 4.75. The summed E-state index contributed by atoms with van der Waals surface area (Å²) in [5.74, 6) is 0.634. The standard InChI is InChI=1S/C14H21N3OS/c1-17(11-5-3-2-4-6-11)14(18)10-19-13-7-8-16-9-12(13)15/h7-9,11H,2-6,10,15H2,1H3. The minimum Gasteiger partial charge on any atom is -0.397 e. The fourth-order valence-corrected chi connectivity index (χ4v) is 3.30. The monoisotopic (exact) mass is 279 g/mol. The van der Waals surface area contributed by atoms with Crippen LogP contribution in [0.5, 0.6) is 0 Å². The molecule has 2 N–H and O–H groups in total. The zero-order chi connectivity index (χ0) is 13.7. The van der Waals surface area contributed by atoms with Gasteiger partial charge in [0.2, 0.25) is 5.91 Å². The maximum absolute atomic E-state index is 12.2. The maximum atomic E-state index is 12.2. The number of carbonyl (C=O) groups excluding carboxylic acids is 1. The van der Waals surface area contributed by atoms with Gasteiger partial charge in [-0.2, -0.15) is 0 Å². The molecular formula is C14H21N3OS. The third kappa shape index (κ3) is 3.86. The van der Waals surface area contributed by atoms with E-state index in [1.54, 1.807) is 12.4 Å². The van der Waals surface area contributed by atoms with Crippen molar-refractivity contribution < 1.29 is 4.79 Å². The van der Waals surface area contributed by atoms with E-state index in [-0.39, 0.29) is 5.91 Å². The number of pyridine rings is 1. The lowest BCUT2D eigenvalue weighted by molar-refractivity contribution is -0.129. The minimum atomic E-state index is 0.188. The van der Waals surface area contributed by atoms with Crippen molar-refractivity contribution in [3.8, 4) is 0 Å². The van der Waals surface area contributed by atoms with Crippen LogP contribution in [0.25, 0.3) is 0 Å². The van der Waals surface area contributed by atoms with E-state index in [2.05, 4.69) is 4.98 Å². The van der Waals surface area contributed by atoms with Gasteiger partial charge in [-0.05, 0) is 18.9 Å². The Morgan fingerprint density at radius 3 is 2.89 bits per heavy atom. The summed E-state index contributed by atoms with van der Waals surface area (Å²) in [7, 11) is 1.93. The van der Waals surface area contributed by atoms with Gasteiger partial charge in [0.15, 0.2) is 0 Å². The number of thioether (sulfide) groups is 1. The van der Waals surface area contributed by atoms with E-state index >= 15 is 0 Å². The maximum Gasteiger partial charge on any atom is 0.232 e. The first kappa shape index (κ1) is 14.2. The average Bonchev–Trinajstić information content (AvgIpc) is 2.46. The smallest absolute Gasteiger partial charge is 0.232 e. The molecule has 1 aromatic rings. The summed E-state index contributed by atoms with van der Waals surface area (Å²) in [6, 6.07) is 2.28. The molecule has 1 saturated carbocycles. The van der Waals surface area contributed by atoms with E-state index in [4.69, 9.17) is 5.73 Å². The minimum absolute atomic E-state index is 0.188. The Morgan fingerprint density at radius 1 is 1.47 bits per heavy atom. The molecule has 0 bridgehead atoms. The van der Waals surface area contributed by atoms with Crippen molar-refractivity contribution >= 4 is 23.4 Å². The molecule has 19 heavy (non-hydrogen) atoms. The number of nitrogens with zero attached hydrogens (tertiary/aromatic N) is 2. The van der Waals surface area contributed by atoms with Crippen molar-refractivity contribution in [2.24, 2.45) is 0 Å². The molecule has 0 unspecified atom stereocenters. The molecule has 1 aliphatic carbocycles. The van der Waals surface area contributed by atoms with E-state index in [0.717, 1.165) is 17.7 Å². The predicted octanol–water partition coefficient (Wildman–Crippen LogP) is 2.55. The number of nitrogen functional groups attached to an aromatic ring is 1. The van der Waals surface area contributed by atoms with Crippen molar-refractivity contribution in [3.05, 3.63) is 18.5 Å². The van der Waals surface area contributed by atoms with Crippen molar-refractivity contribution in [2.75, 3.05) is 18.5 Å². The molecule has 1 fully saturated rings. The van der Waals surface area contributed by atoms with Crippen LogP contribution >= 0.6 is 11.8 Å². The van der Waals surface area contributed by atoms with E-state index in [1.807, 2.05) is 18.0 Å². The predicted molar refractivity (Wildman–Crippen MR) is 79.0 cm³/mol. The molecule has 0 aliphatic heterocycles. The van der Waals surface area contributed by atoms with Crippen LogP contribution < -0.4 is 5.73 Å². The zero-order valence-electron chi connectivity index (χ0n) is 11.3. The molecule has 2 rings (SSSR count). The van der Waals surface area contributed by atoms with Crippen molar-refractivity contribution in [1.29, 1.82) is 0 Å². The van der Waals surface area contributed by atoms with Crippen molar-refractivity contribution in [3.63, 3.8) is 0 Å². The van der Waals surface area contributed by atoms with Crippen LogP contribution in [0.1, 0.15) is 32.1 Å². The molecule has 1 aliphatic rings. The van der Waals surface area contributed by atoms with Gasteiger partial charge < -0.3 is 10.6 Å². The van der Waals surface area contributed by atoms with E-state index in [9.17, 15) is 4.79 Å². The molecule has 0 aromatic carbocycles. The second-order valence-corrected chi connectivity index (χ2v) is 6.02. The summed E-state index contributed by atoms with van der Waals surface area (Å²) in [6.07, 6.45) is 9.40. The van der Waals surface area contributed by atoms with Crippen molar-refractivity contribution in [2.45, 2.75) is 43.0 Å².